The first kappa shape index (κ1) is 7.52. The highest BCUT2D eigenvalue weighted by Crippen LogP contribution is 1.88. The normalized spacial score (nSPS) is 13.2. The van der Waals surface area contributed by atoms with Gasteiger partial charge in [0.05, 0.1) is 6.10 Å². The Balaban J connectivity index is 3.03. The Kier molecular flexibility index (Phi) is 4.39. The lowest BCUT2D eigenvalue weighted by Gasteiger charge is -1.99. The molecule has 2 N–H and O–H groups in total. The van der Waals surface area contributed by atoms with Gasteiger partial charge in [0.1, 0.15) is 6.54 Å². The molecule has 48 valence electrons. The van der Waals surface area contributed by atoms with E-state index in [0.29, 0.717) is 0 Å². The second kappa shape index (κ2) is 4.67. The van der Waals surface area contributed by atoms with Crippen LogP contribution < -0.4 is 0 Å². The van der Waals surface area contributed by atoms with Gasteiger partial charge < -0.3 is 10.2 Å². The second-order valence-corrected chi connectivity index (χ2v) is 1.48. The van der Waals surface area contributed by atoms with Crippen molar-refractivity contribution in [3.63, 3.8) is 0 Å². The lowest BCUT2D eigenvalue weighted by Crippen LogP contribution is -2.11. The summed E-state index contributed by atoms with van der Waals surface area (Å²) in [5, 5.41) is 19.2. The van der Waals surface area contributed by atoms with Crippen LogP contribution in [0, 0.1) is 4.91 Å². The summed E-state index contributed by atoms with van der Waals surface area (Å²) in [6.07, 6.45) is -0.538. The van der Waals surface area contributed by atoms with Gasteiger partial charge in [0.25, 0.3) is 0 Å². The number of hydrogen-bond donors (Lipinski definition) is 2. The van der Waals surface area contributed by atoms with Crippen LogP contribution in [-0.2, 0) is 0 Å². The van der Waals surface area contributed by atoms with E-state index in [0.717, 1.165) is 0 Å². The first-order valence-corrected chi connectivity index (χ1v) is 2.39. The van der Waals surface area contributed by atoms with Gasteiger partial charge in [0.15, 0.2) is 0 Å². The van der Waals surface area contributed by atoms with Gasteiger partial charge in [-0.3, -0.25) is 0 Å². The standard InChI is InChI=1S/C4H9NO3/c6-2-1-4(7)3-5-8/h4,6-7H,1-3H2. The molecule has 0 saturated carbocycles. The second-order valence-electron chi connectivity index (χ2n) is 1.48. The van der Waals surface area contributed by atoms with Crippen molar-refractivity contribution >= 4 is 0 Å². The lowest BCUT2D eigenvalue weighted by atomic mass is 10.3. The van der Waals surface area contributed by atoms with E-state index in [1.165, 1.54) is 0 Å². The summed E-state index contributed by atoms with van der Waals surface area (Å²) in [6, 6.07) is 0. The van der Waals surface area contributed by atoms with E-state index in [2.05, 4.69) is 5.18 Å². The van der Waals surface area contributed by atoms with E-state index in [4.69, 9.17) is 10.2 Å². The molecule has 0 saturated heterocycles. The van der Waals surface area contributed by atoms with Crippen LogP contribution >= 0.6 is 0 Å². The van der Waals surface area contributed by atoms with Crippen LogP contribution in [0.4, 0.5) is 0 Å². The predicted octanol–water partition coefficient (Wildman–Crippen LogP) is -0.504. The van der Waals surface area contributed by atoms with Gasteiger partial charge in [-0.2, -0.15) is 4.91 Å². The highest BCUT2D eigenvalue weighted by molar-refractivity contribution is 4.55. The molecular formula is C4H9NO3. The third-order valence-electron chi connectivity index (χ3n) is 0.748. The number of nitrogens with zero attached hydrogens (tertiary/aromatic N) is 1. The molecule has 0 aromatic rings. The molecule has 0 aromatic carbocycles. The summed E-state index contributed by atoms with van der Waals surface area (Å²) in [7, 11) is 0. The Bertz CT molecular complexity index is 66.3. The Labute approximate surface area is 47.1 Å². The number of hydrogen-bond acceptors (Lipinski definition) is 4. The first-order chi connectivity index (χ1) is 3.81. The molecule has 4 heteroatoms. The number of aliphatic hydroxyl groups is 2. The Morgan fingerprint density at radius 1 is 1.62 bits per heavy atom. The van der Waals surface area contributed by atoms with Crippen molar-refractivity contribution in [3.8, 4) is 0 Å². The smallest absolute Gasteiger partial charge is 0.107 e. The van der Waals surface area contributed by atoms with Crippen LogP contribution in [0.2, 0.25) is 0 Å². The number of aliphatic hydroxyl groups excluding tert-OH is 2. The van der Waals surface area contributed by atoms with E-state index in [1.54, 1.807) is 0 Å². The van der Waals surface area contributed by atoms with Crippen LogP contribution in [0.15, 0.2) is 5.18 Å². The number of rotatable bonds is 4. The van der Waals surface area contributed by atoms with Crippen LogP contribution in [0.5, 0.6) is 0 Å². The summed E-state index contributed by atoms with van der Waals surface area (Å²) in [4.78, 5) is 9.40. The van der Waals surface area contributed by atoms with E-state index in [1.807, 2.05) is 0 Å². The minimum absolute atomic E-state index is 0.101. The minimum Gasteiger partial charge on any atom is -0.396 e. The largest absolute Gasteiger partial charge is 0.396 e. The molecule has 0 spiro atoms. The Morgan fingerprint density at radius 3 is 2.62 bits per heavy atom. The average molecular weight is 119 g/mol. The molecule has 0 aromatic heterocycles. The van der Waals surface area contributed by atoms with Crippen molar-refractivity contribution in [3.05, 3.63) is 4.91 Å². The van der Waals surface area contributed by atoms with Crippen molar-refractivity contribution in [2.45, 2.75) is 12.5 Å². The molecule has 1 unspecified atom stereocenters. The quantitative estimate of drug-likeness (QED) is 0.490. The van der Waals surface area contributed by atoms with Gasteiger partial charge in [-0.1, -0.05) is 5.18 Å². The maximum atomic E-state index is 9.40. The molecular weight excluding hydrogens is 110 g/mol. The summed E-state index contributed by atoms with van der Waals surface area (Å²) in [5.41, 5.74) is 0. The van der Waals surface area contributed by atoms with E-state index >= 15 is 0 Å². The molecule has 8 heavy (non-hydrogen) atoms. The highest BCUT2D eigenvalue weighted by atomic mass is 16.3. The number of nitroso groups, excluding NO2 is 1. The zero-order valence-corrected chi connectivity index (χ0v) is 4.45. The molecule has 0 aliphatic rings. The highest BCUT2D eigenvalue weighted by Gasteiger charge is 2.00. The van der Waals surface area contributed by atoms with Crippen molar-refractivity contribution in [2.24, 2.45) is 5.18 Å². The maximum absolute atomic E-state index is 9.40. The molecule has 0 aliphatic carbocycles. The predicted molar refractivity (Wildman–Crippen MR) is 28.4 cm³/mol. The Morgan fingerprint density at radius 2 is 2.25 bits per heavy atom. The molecule has 0 heterocycles. The van der Waals surface area contributed by atoms with Crippen LogP contribution in [0.3, 0.4) is 0 Å². The molecule has 1 atom stereocenters. The monoisotopic (exact) mass is 119 g/mol. The Hall–Kier alpha value is -0.480. The van der Waals surface area contributed by atoms with Crippen molar-refractivity contribution in [2.75, 3.05) is 13.2 Å². The van der Waals surface area contributed by atoms with Gasteiger partial charge in [-0.15, -0.1) is 0 Å². The van der Waals surface area contributed by atoms with E-state index < -0.39 is 6.10 Å². The zero-order valence-electron chi connectivity index (χ0n) is 4.45. The van der Waals surface area contributed by atoms with Gasteiger partial charge in [0.2, 0.25) is 0 Å². The van der Waals surface area contributed by atoms with Crippen LogP contribution in [0.1, 0.15) is 6.42 Å². The maximum Gasteiger partial charge on any atom is 0.107 e. The van der Waals surface area contributed by atoms with Crippen LogP contribution in [0.25, 0.3) is 0 Å². The molecule has 0 amide bonds. The lowest BCUT2D eigenvalue weighted by molar-refractivity contribution is 0.140. The third-order valence-corrected chi connectivity index (χ3v) is 0.748. The molecule has 0 rings (SSSR count). The van der Waals surface area contributed by atoms with Crippen LogP contribution in [-0.4, -0.2) is 29.5 Å². The van der Waals surface area contributed by atoms with Crippen molar-refractivity contribution in [1.29, 1.82) is 0 Å². The molecule has 4 nitrogen and oxygen atoms in total. The first-order valence-electron chi connectivity index (χ1n) is 2.39. The molecule has 0 aliphatic heterocycles. The summed E-state index contributed by atoms with van der Waals surface area (Å²) in [6.45, 7) is -0.225. The summed E-state index contributed by atoms with van der Waals surface area (Å²) >= 11 is 0. The summed E-state index contributed by atoms with van der Waals surface area (Å²) < 4.78 is 0. The fourth-order valence-electron chi connectivity index (χ4n) is 0.326. The zero-order chi connectivity index (χ0) is 6.41. The molecule has 0 fully saturated rings. The van der Waals surface area contributed by atoms with Gasteiger partial charge in [0, 0.05) is 6.61 Å². The van der Waals surface area contributed by atoms with Crippen molar-refractivity contribution in [1.82, 2.24) is 0 Å². The third kappa shape index (κ3) is 3.70. The van der Waals surface area contributed by atoms with E-state index in [9.17, 15) is 4.91 Å². The van der Waals surface area contributed by atoms with Gasteiger partial charge in [-0.05, 0) is 6.42 Å². The fourth-order valence-corrected chi connectivity index (χ4v) is 0.326. The SMILES string of the molecule is O=NCC(O)CCO. The molecule has 0 radical (unpaired) electrons. The summed E-state index contributed by atoms with van der Waals surface area (Å²) in [5.74, 6) is 0. The molecule has 0 bridgehead atoms. The van der Waals surface area contributed by atoms with E-state index in [-0.39, 0.29) is 19.6 Å². The van der Waals surface area contributed by atoms with Gasteiger partial charge in [-0.25, -0.2) is 0 Å². The fraction of sp³-hybridized carbons (Fsp3) is 1.00. The van der Waals surface area contributed by atoms with Crippen molar-refractivity contribution < 1.29 is 10.2 Å². The topological polar surface area (TPSA) is 69.9 Å². The minimum atomic E-state index is -0.766. The average Bonchev–Trinajstić information content (AvgIpc) is 1.68. The van der Waals surface area contributed by atoms with Gasteiger partial charge >= 0.3 is 0 Å².